The highest BCUT2D eigenvalue weighted by Gasteiger charge is 2.34. The van der Waals surface area contributed by atoms with E-state index in [-0.39, 0.29) is 24.2 Å². The number of carbonyl (C=O) groups excluding carboxylic acids is 2. The summed E-state index contributed by atoms with van der Waals surface area (Å²) in [7, 11) is 1.58. The highest BCUT2D eigenvalue weighted by molar-refractivity contribution is 8.18. The number of benzene rings is 1. The van der Waals surface area contributed by atoms with Gasteiger partial charge in [0.1, 0.15) is 5.75 Å². The number of ether oxygens (including phenoxy) is 1. The predicted octanol–water partition coefficient (Wildman–Crippen LogP) is 1.69. The van der Waals surface area contributed by atoms with E-state index in [1.807, 2.05) is 18.2 Å². The highest BCUT2D eigenvalue weighted by atomic mass is 32.2. The van der Waals surface area contributed by atoms with E-state index in [1.165, 1.54) is 0 Å². The van der Waals surface area contributed by atoms with E-state index < -0.39 is 0 Å². The third kappa shape index (κ3) is 2.97. The fraction of sp³-hybridized carbons (Fsp3) is 0.231. The van der Waals surface area contributed by atoms with Gasteiger partial charge in [0.05, 0.1) is 12.0 Å². The number of methoxy groups -OCH3 is 1. The number of nitrogens with zero attached hydrogens (tertiary/aromatic N) is 1. The maximum Gasteiger partial charge on any atom is 0.293 e. The molecule has 100 valence electrons. The van der Waals surface area contributed by atoms with E-state index in [2.05, 4.69) is 0 Å². The van der Waals surface area contributed by atoms with Crippen molar-refractivity contribution in [1.29, 1.82) is 0 Å². The second-order valence-electron chi connectivity index (χ2n) is 3.90. The number of imide groups is 1. The molecule has 1 fully saturated rings. The van der Waals surface area contributed by atoms with Crippen molar-refractivity contribution in [2.24, 2.45) is 5.73 Å². The van der Waals surface area contributed by atoms with Crippen molar-refractivity contribution in [2.75, 3.05) is 20.2 Å². The van der Waals surface area contributed by atoms with Gasteiger partial charge in [0.2, 0.25) is 0 Å². The van der Waals surface area contributed by atoms with Crippen molar-refractivity contribution < 1.29 is 14.3 Å². The first kappa shape index (κ1) is 13.6. The van der Waals surface area contributed by atoms with E-state index in [0.29, 0.717) is 10.7 Å². The van der Waals surface area contributed by atoms with Gasteiger partial charge in [-0.1, -0.05) is 12.1 Å². The second-order valence-corrected chi connectivity index (χ2v) is 4.89. The van der Waals surface area contributed by atoms with Gasteiger partial charge < -0.3 is 10.5 Å². The van der Waals surface area contributed by atoms with Crippen LogP contribution in [-0.2, 0) is 4.79 Å². The molecule has 0 unspecified atom stereocenters. The van der Waals surface area contributed by atoms with Crippen LogP contribution in [-0.4, -0.2) is 36.2 Å². The monoisotopic (exact) mass is 278 g/mol. The van der Waals surface area contributed by atoms with E-state index in [1.54, 1.807) is 19.3 Å². The molecule has 0 aliphatic carbocycles. The Labute approximate surface area is 115 Å². The van der Waals surface area contributed by atoms with E-state index in [0.717, 1.165) is 22.2 Å². The average molecular weight is 278 g/mol. The van der Waals surface area contributed by atoms with Gasteiger partial charge in [0.25, 0.3) is 11.1 Å². The van der Waals surface area contributed by atoms with Crippen LogP contribution < -0.4 is 10.5 Å². The van der Waals surface area contributed by atoms with Crippen LogP contribution in [0.4, 0.5) is 4.79 Å². The van der Waals surface area contributed by atoms with Crippen LogP contribution in [0, 0.1) is 0 Å². The lowest BCUT2D eigenvalue weighted by Crippen LogP contribution is -2.33. The molecule has 1 saturated heterocycles. The molecule has 0 spiro atoms. The Morgan fingerprint density at radius 1 is 1.42 bits per heavy atom. The minimum Gasteiger partial charge on any atom is -0.497 e. The lowest BCUT2D eigenvalue weighted by Gasteiger charge is -2.09. The van der Waals surface area contributed by atoms with Crippen molar-refractivity contribution in [3.63, 3.8) is 0 Å². The van der Waals surface area contributed by atoms with Gasteiger partial charge in [-0.05, 0) is 35.5 Å². The summed E-state index contributed by atoms with van der Waals surface area (Å²) in [5.41, 5.74) is 6.19. The Morgan fingerprint density at radius 3 is 2.89 bits per heavy atom. The lowest BCUT2D eigenvalue weighted by molar-refractivity contribution is -0.122. The Morgan fingerprint density at radius 2 is 2.21 bits per heavy atom. The molecule has 2 N–H and O–H groups in total. The molecule has 1 aliphatic heterocycles. The summed E-state index contributed by atoms with van der Waals surface area (Å²) >= 11 is 0.932. The molecular formula is C13H14N2O3S. The number of rotatable bonds is 4. The van der Waals surface area contributed by atoms with Crippen LogP contribution in [0.3, 0.4) is 0 Å². The molecule has 1 heterocycles. The van der Waals surface area contributed by atoms with E-state index >= 15 is 0 Å². The molecule has 6 heteroatoms. The SMILES string of the molecule is COc1cccc(/C=C2\SC(=O)N(CCN)C2=O)c1. The topological polar surface area (TPSA) is 72.6 Å². The third-order valence-corrected chi connectivity index (χ3v) is 3.53. The fourth-order valence-corrected chi connectivity index (χ4v) is 2.57. The number of thioether (sulfide) groups is 1. The summed E-state index contributed by atoms with van der Waals surface area (Å²) in [4.78, 5) is 25.2. The van der Waals surface area contributed by atoms with Gasteiger partial charge in [-0.25, -0.2) is 0 Å². The van der Waals surface area contributed by atoms with Crippen LogP contribution in [0.15, 0.2) is 29.2 Å². The van der Waals surface area contributed by atoms with Crippen LogP contribution in [0.5, 0.6) is 5.75 Å². The molecule has 0 bridgehead atoms. The van der Waals surface area contributed by atoms with Gasteiger partial charge in [-0.3, -0.25) is 14.5 Å². The van der Waals surface area contributed by atoms with Gasteiger partial charge in [-0.2, -0.15) is 0 Å². The Balaban J connectivity index is 2.24. The van der Waals surface area contributed by atoms with Crippen molar-refractivity contribution >= 4 is 29.0 Å². The van der Waals surface area contributed by atoms with Gasteiger partial charge in [-0.15, -0.1) is 0 Å². The van der Waals surface area contributed by atoms with Crippen molar-refractivity contribution in [3.05, 3.63) is 34.7 Å². The third-order valence-electron chi connectivity index (χ3n) is 2.62. The first-order chi connectivity index (χ1) is 9.15. The number of hydrogen-bond acceptors (Lipinski definition) is 5. The maximum atomic E-state index is 12.0. The summed E-state index contributed by atoms with van der Waals surface area (Å²) < 4.78 is 5.11. The van der Waals surface area contributed by atoms with E-state index in [4.69, 9.17) is 10.5 Å². The van der Waals surface area contributed by atoms with Crippen LogP contribution in [0.2, 0.25) is 0 Å². The van der Waals surface area contributed by atoms with Gasteiger partial charge in [0, 0.05) is 13.1 Å². The highest BCUT2D eigenvalue weighted by Crippen LogP contribution is 2.32. The van der Waals surface area contributed by atoms with Crippen molar-refractivity contribution in [3.8, 4) is 5.75 Å². The standard InChI is InChI=1S/C13H14N2O3S/c1-18-10-4-2-3-9(7-10)8-11-12(16)15(6-5-14)13(17)19-11/h2-4,7-8H,5-6,14H2,1H3/b11-8-. The molecule has 0 aromatic heterocycles. The average Bonchev–Trinajstić information content (AvgIpc) is 2.67. The zero-order valence-electron chi connectivity index (χ0n) is 10.5. The van der Waals surface area contributed by atoms with Crippen LogP contribution >= 0.6 is 11.8 Å². The first-order valence-electron chi connectivity index (χ1n) is 5.75. The zero-order valence-corrected chi connectivity index (χ0v) is 11.3. The number of hydrogen-bond donors (Lipinski definition) is 1. The Bertz CT molecular complexity index is 542. The van der Waals surface area contributed by atoms with Gasteiger partial charge in [0.15, 0.2) is 0 Å². The van der Waals surface area contributed by atoms with Crippen molar-refractivity contribution in [2.45, 2.75) is 0 Å². The minimum absolute atomic E-state index is 0.250. The van der Waals surface area contributed by atoms with Crippen LogP contribution in [0.1, 0.15) is 5.56 Å². The molecule has 0 saturated carbocycles. The molecule has 19 heavy (non-hydrogen) atoms. The molecule has 1 aromatic carbocycles. The van der Waals surface area contributed by atoms with E-state index in [9.17, 15) is 9.59 Å². The lowest BCUT2D eigenvalue weighted by atomic mass is 10.2. The van der Waals surface area contributed by atoms with Crippen molar-refractivity contribution in [1.82, 2.24) is 4.90 Å². The summed E-state index contributed by atoms with van der Waals surface area (Å²) in [5, 5.41) is -0.274. The molecule has 0 radical (unpaired) electrons. The molecule has 2 rings (SSSR count). The first-order valence-corrected chi connectivity index (χ1v) is 6.57. The summed E-state index contributed by atoms with van der Waals surface area (Å²) in [6.07, 6.45) is 1.68. The largest absolute Gasteiger partial charge is 0.497 e. The van der Waals surface area contributed by atoms with Gasteiger partial charge >= 0.3 is 0 Å². The zero-order chi connectivity index (χ0) is 13.8. The maximum absolute atomic E-state index is 12.0. The number of nitrogens with two attached hydrogens (primary N) is 1. The number of amides is 2. The Hall–Kier alpha value is -1.79. The number of carbonyl (C=O) groups is 2. The Kier molecular flexibility index (Phi) is 4.24. The molecular weight excluding hydrogens is 264 g/mol. The minimum atomic E-state index is -0.289. The summed E-state index contributed by atoms with van der Waals surface area (Å²) in [6.45, 7) is 0.518. The molecule has 2 amide bonds. The molecule has 0 atom stereocenters. The second kappa shape index (κ2) is 5.90. The summed E-state index contributed by atoms with van der Waals surface area (Å²) in [6, 6.07) is 7.29. The molecule has 1 aromatic rings. The quantitative estimate of drug-likeness (QED) is 0.848. The normalized spacial score (nSPS) is 17.4. The summed E-state index contributed by atoms with van der Waals surface area (Å²) in [5.74, 6) is 0.415. The van der Waals surface area contributed by atoms with Crippen LogP contribution in [0.25, 0.3) is 6.08 Å². The fourth-order valence-electron chi connectivity index (χ4n) is 1.70. The molecule has 5 nitrogen and oxygen atoms in total. The molecule has 1 aliphatic rings. The smallest absolute Gasteiger partial charge is 0.293 e. The predicted molar refractivity (Wildman–Crippen MR) is 74.7 cm³/mol.